The molecule has 0 atom stereocenters. The molecule has 3 N–H and O–H groups in total. The Hall–Kier alpha value is -3.62. The van der Waals surface area contributed by atoms with E-state index in [0.29, 0.717) is 37.7 Å². The molecule has 2 aromatic heterocycles. The Morgan fingerprint density at radius 1 is 1.10 bits per heavy atom. The number of rotatable bonds is 10. The van der Waals surface area contributed by atoms with Gasteiger partial charge in [0.05, 0.1) is 12.8 Å². The third-order valence-electron chi connectivity index (χ3n) is 4.73. The van der Waals surface area contributed by atoms with Crippen LogP contribution in [-0.2, 0) is 11.2 Å². The minimum Gasteiger partial charge on any atom is -0.497 e. The zero-order chi connectivity index (χ0) is 22.2. The van der Waals surface area contributed by atoms with Gasteiger partial charge in [0, 0.05) is 42.5 Å². The minimum atomic E-state index is -0.0196. The summed E-state index contributed by atoms with van der Waals surface area (Å²) in [4.78, 5) is 21.0. The van der Waals surface area contributed by atoms with Gasteiger partial charge in [0.2, 0.25) is 11.9 Å². The molecular weight excluding hydrogens is 396 g/mol. The fraction of sp³-hybridized carbons (Fsp3) is 0.364. The predicted octanol–water partition coefficient (Wildman–Crippen LogP) is 3.30. The standard InChI is InChI=1S/C22H28N6O3/c1-14-13-20(26-17-5-7-18(30-4)8-6-17)27-22(25-14)24-12-11-23-21(29)10-9-19-15(2)28-31-16(19)3/h5-8,13H,9-12H2,1-4H3,(H,23,29)(H2,24,25,26,27). The zero-order valence-corrected chi connectivity index (χ0v) is 18.3. The molecule has 0 spiro atoms. The van der Waals surface area contributed by atoms with E-state index in [1.165, 1.54) is 0 Å². The summed E-state index contributed by atoms with van der Waals surface area (Å²) in [5.74, 6) is 2.72. The lowest BCUT2D eigenvalue weighted by atomic mass is 10.1. The van der Waals surface area contributed by atoms with Crippen molar-refractivity contribution >= 4 is 23.4 Å². The minimum absolute atomic E-state index is 0.0196. The van der Waals surface area contributed by atoms with E-state index in [-0.39, 0.29) is 5.91 Å². The molecule has 9 nitrogen and oxygen atoms in total. The fourth-order valence-electron chi connectivity index (χ4n) is 3.10. The fourth-order valence-corrected chi connectivity index (χ4v) is 3.10. The summed E-state index contributed by atoms with van der Waals surface area (Å²) in [5.41, 5.74) is 3.56. The smallest absolute Gasteiger partial charge is 0.224 e. The van der Waals surface area contributed by atoms with Gasteiger partial charge in [-0.25, -0.2) is 4.98 Å². The maximum absolute atomic E-state index is 12.1. The number of ether oxygens (including phenoxy) is 1. The Bertz CT molecular complexity index is 997. The first-order valence-electron chi connectivity index (χ1n) is 10.1. The summed E-state index contributed by atoms with van der Waals surface area (Å²) >= 11 is 0. The van der Waals surface area contributed by atoms with Crippen molar-refractivity contribution in [2.75, 3.05) is 30.8 Å². The van der Waals surface area contributed by atoms with Crippen LogP contribution in [-0.4, -0.2) is 41.2 Å². The highest BCUT2D eigenvalue weighted by Gasteiger charge is 2.11. The molecule has 0 aliphatic heterocycles. The van der Waals surface area contributed by atoms with Crippen LogP contribution in [0.1, 0.15) is 29.1 Å². The lowest BCUT2D eigenvalue weighted by Gasteiger charge is -2.11. The number of hydrogen-bond acceptors (Lipinski definition) is 8. The van der Waals surface area contributed by atoms with Crippen molar-refractivity contribution in [3.05, 3.63) is 53.0 Å². The number of aryl methyl sites for hydroxylation is 3. The SMILES string of the molecule is COc1ccc(Nc2cc(C)nc(NCCNC(=O)CCc3c(C)noc3C)n2)cc1. The van der Waals surface area contributed by atoms with Crippen LogP contribution in [0.25, 0.3) is 0 Å². The Morgan fingerprint density at radius 2 is 1.87 bits per heavy atom. The number of nitrogens with zero attached hydrogens (tertiary/aromatic N) is 3. The molecule has 0 saturated carbocycles. The van der Waals surface area contributed by atoms with Crippen LogP contribution in [0.2, 0.25) is 0 Å². The Balaban J connectivity index is 1.45. The number of aromatic nitrogens is 3. The van der Waals surface area contributed by atoms with E-state index in [1.807, 2.05) is 51.1 Å². The third kappa shape index (κ3) is 6.43. The number of benzene rings is 1. The van der Waals surface area contributed by atoms with E-state index < -0.39 is 0 Å². The maximum Gasteiger partial charge on any atom is 0.224 e. The van der Waals surface area contributed by atoms with Gasteiger partial charge in [-0.05, 0) is 51.5 Å². The van der Waals surface area contributed by atoms with Crippen LogP contribution >= 0.6 is 0 Å². The highest BCUT2D eigenvalue weighted by Crippen LogP contribution is 2.20. The lowest BCUT2D eigenvalue weighted by molar-refractivity contribution is -0.120. The molecule has 2 heterocycles. The molecule has 0 radical (unpaired) electrons. The number of carbonyl (C=O) groups excluding carboxylic acids is 1. The van der Waals surface area contributed by atoms with Crippen molar-refractivity contribution in [3.8, 4) is 5.75 Å². The van der Waals surface area contributed by atoms with E-state index in [0.717, 1.165) is 34.1 Å². The second-order valence-electron chi connectivity index (χ2n) is 7.15. The maximum atomic E-state index is 12.1. The van der Waals surface area contributed by atoms with Gasteiger partial charge < -0.3 is 25.2 Å². The molecule has 31 heavy (non-hydrogen) atoms. The van der Waals surface area contributed by atoms with Crippen molar-refractivity contribution < 1.29 is 14.1 Å². The Labute approximate surface area is 181 Å². The zero-order valence-electron chi connectivity index (χ0n) is 18.3. The van der Waals surface area contributed by atoms with Gasteiger partial charge in [-0.3, -0.25) is 4.79 Å². The van der Waals surface area contributed by atoms with E-state index >= 15 is 0 Å². The molecule has 1 amide bonds. The topological polar surface area (TPSA) is 114 Å². The Kier molecular flexibility index (Phi) is 7.42. The Morgan fingerprint density at radius 3 is 2.55 bits per heavy atom. The molecule has 0 bridgehead atoms. The van der Waals surface area contributed by atoms with Gasteiger partial charge in [-0.2, -0.15) is 4.98 Å². The average Bonchev–Trinajstić information content (AvgIpc) is 3.07. The highest BCUT2D eigenvalue weighted by atomic mass is 16.5. The van der Waals surface area contributed by atoms with Crippen LogP contribution in [0.4, 0.5) is 17.5 Å². The van der Waals surface area contributed by atoms with E-state index in [9.17, 15) is 4.79 Å². The highest BCUT2D eigenvalue weighted by molar-refractivity contribution is 5.76. The molecule has 0 aliphatic rings. The summed E-state index contributed by atoms with van der Waals surface area (Å²) in [6, 6.07) is 9.46. The van der Waals surface area contributed by atoms with Gasteiger partial charge in [0.1, 0.15) is 17.3 Å². The van der Waals surface area contributed by atoms with Crippen LogP contribution in [0.3, 0.4) is 0 Å². The van der Waals surface area contributed by atoms with Gasteiger partial charge in [0.25, 0.3) is 0 Å². The molecule has 164 valence electrons. The predicted molar refractivity (Wildman–Crippen MR) is 119 cm³/mol. The number of anilines is 3. The van der Waals surface area contributed by atoms with Crippen molar-refractivity contribution in [2.45, 2.75) is 33.6 Å². The molecule has 0 saturated heterocycles. The molecular formula is C22H28N6O3. The van der Waals surface area contributed by atoms with Crippen molar-refractivity contribution in [1.29, 1.82) is 0 Å². The second-order valence-corrected chi connectivity index (χ2v) is 7.15. The largest absolute Gasteiger partial charge is 0.497 e. The number of nitrogens with one attached hydrogen (secondary N) is 3. The molecule has 3 rings (SSSR count). The van der Waals surface area contributed by atoms with Gasteiger partial charge >= 0.3 is 0 Å². The first kappa shape index (κ1) is 22.1. The van der Waals surface area contributed by atoms with Crippen LogP contribution in [0.5, 0.6) is 5.75 Å². The van der Waals surface area contributed by atoms with Gasteiger partial charge in [0.15, 0.2) is 0 Å². The molecule has 0 fully saturated rings. The first-order valence-corrected chi connectivity index (χ1v) is 10.1. The summed E-state index contributed by atoms with van der Waals surface area (Å²) in [7, 11) is 1.63. The van der Waals surface area contributed by atoms with Crippen LogP contribution in [0.15, 0.2) is 34.9 Å². The number of amides is 1. The van der Waals surface area contributed by atoms with Crippen molar-refractivity contribution in [3.63, 3.8) is 0 Å². The molecule has 0 aliphatic carbocycles. The molecule has 9 heteroatoms. The average molecular weight is 425 g/mol. The third-order valence-corrected chi connectivity index (χ3v) is 4.73. The van der Waals surface area contributed by atoms with Crippen molar-refractivity contribution in [2.24, 2.45) is 0 Å². The monoisotopic (exact) mass is 424 g/mol. The summed E-state index contributed by atoms with van der Waals surface area (Å²) < 4.78 is 10.3. The molecule has 3 aromatic rings. The summed E-state index contributed by atoms with van der Waals surface area (Å²) in [6.45, 7) is 6.63. The van der Waals surface area contributed by atoms with Crippen LogP contribution < -0.4 is 20.7 Å². The summed E-state index contributed by atoms with van der Waals surface area (Å²) in [5, 5.41) is 13.2. The van der Waals surface area contributed by atoms with Crippen LogP contribution in [0, 0.1) is 20.8 Å². The summed E-state index contributed by atoms with van der Waals surface area (Å²) in [6.07, 6.45) is 1.00. The lowest BCUT2D eigenvalue weighted by Crippen LogP contribution is -2.29. The first-order chi connectivity index (χ1) is 14.9. The van der Waals surface area contributed by atoms with Gasteiger partial charge in [-0.15, -0.1) is 0 Å². The van der Waals surface area contributed by atoms with E-state index in [4.69, 9.17) is 9.26 Å². The molecule has 0 unspecified atom stereocenters. The number of hydrogen-bond donors (Lipinski definition) is 3. The van der Waals surface area contributed by atoms with Gasteiger partial charge in [-0.1, -0.05) is 5.16 Å². The quantitative estimate of drug-likeness (QED) is 0.425. The number of carbonyl (C=O) groups is 1. The van der Waals surface area contributed by atoms with Crippen molar-refractivity contribution in [1.82, 2.24) is 20.4 Å². The van der Waals surface area contributed by atoms with E-state index in [2.05, 4.69) is 31.1 Å². The second kappa shape index (κ2) is 10.4. The molecule has 1 aromatic carbocycles. The number of methoxy groups -OCH3 is 1. The van der Waals surface area contributed by atoms with E-state index in [1.54, 1.807) is 7.11 Å². The normalized spacial score (nSPS) is 10.6.